The number of amides is 1. The van der Waals surface area contributed by atoms with Crippen molar-refractivity contribution in [3.8, 4) is 0 Å². The second-order valence-corrected chi connectivity index (χ2v) is 8.80. The fraction of sp³-hybridized carbons (Fsp3) is 0.385. The second kappa shape index (κ2) is 9.04. The molecule has 1 aromatic heterocycles. The summed E-state index contributed by atoms with van der Waals surface area (Å²) < 4.78 is 13.4. The first kappa shape index (κ1) is 21.3. The van der Waals surface area contributed by atoms with E-state index < -0.39 is 0 Å². The molecule has 1 aliphatic rings. The minimum atomic E-state index is -0.300. The molecule has 1 amide bonds. The number of carbonyl (C=O) groups is 1. The number of benzene rings is 2. The number of rotatable bonds is 5. The van der Waals surface area contributed by atoms with Crippen LogP contribution in [0.5, 0.6) is 0 Å². The molecular weight excluding hydrogens is 391 g/mol. The number of nitrogens with one attached hydrogen (secondary N) is 1. The molecular formula is C26H29FN2O2. The standard InChI is InChI=1S/C26H29FN2O2/c1-17-12-21-14-22(25(30)28-24(21)13-18(17)2)16-29(15-19-8-10-23(27)11-9-19)26(31)20-6-4-3-5-7-20/h8-14,20H,3-7,15-16H2,1-2H3,(H,28,30). The Morgan fingerprint density at radius 3 is 2.39 bits per heavy atom. The first-order valence-electron chi connectivity index (χ1n) is 11.1. The average molecular weight is 421 g/mol. The van der Waals surface area contributed by atoms with Crippen LogP contribution in [0.15, 0.2) is 47.3 Å². The van der Waals surface area contributed by atoms with E-state index in [9.17, 15) is 14.0 Å². The van der Waals surface area contributed by atoms with Gasteiger partial charge in [-0.1, -0.05) is 31.4 Å². The van der Waals surface area contributed by atoms with E-state index >= 15 is 0 Å². The molecule has 1 fully saturated rings. The zero-order valence-electron chi connectivity index (χ0n) is 18.2. The lowest BCUT2D eigenvalue weighted by molar-refractivity contribution is -0.137. The molecule has 0 unspecified atom stereocenters. The normalized spacial score (nSPS) is 14.7. The van der Waals surface area contributed by atoms with Gasteiger partial charge in [0, 0.05) is 23.5 Å². The molecule has 5 heteroatoms. The van der Waals surface area contributed by atoms with Gasteiger partial charge in [-0.05, 0) is 79.1 Å². The molecule has 1 aliphatic carbocycles. The van der Waals surface area contributed by atoms with Crippen molar-refractivity contribution in [1.29, 1.82) is 0 Å². The number of nitrogens with zero attached hydrogens (tertiary/aromatic N) is 1. The van der Waals surface area contributed by atoms with E-state index in [1.54, 1.807) is 17.0 Å². The number of fused-ring (bicyclic) bond motifs is 1. The molecule has 1 heterocycles. The van der Waals surface area contributed by atoms with Gasteiger partial charge in [0.15, 0.2) is 0 Å². The van der Waals surface area contributed by atoms with Crippen molar-refractivity contribution in [3.05, 3.63) is 80.9 Å². The van der Waals surface area contributed by atoms with Gasteiger partial charge in [-0.25, -0.2) is 4.39 Å². The third-order valence-corrected chi connectivity index (χ3v) is 6.45. The SMILES string of the molecule is Cc1cc2cc(CN(Cc3ccc(F)cc3)C(=O)C3CCCCC3)c(=O)[nH]c2cc1C. The van der Waals surface area contributed by atoms with Crippen LogP contribution in [-0.2, 0) is 17.9 Å². The van der Waals surface area contributed by atoms with Crippen molar-refractivity contribution in [1.82, 2.24) is 9.88 Å². The maximum atomic E-state index is 13.4. The van der Waals surface area contributed by atoms with Gasteiger partial charge in [0.2, 0.25) is 5.91 Å². The Morgan fingerprint density at radius 2 is 1.68 bits per heavy atom. The first-order chi connectivity index (χ1) is 14.9. The van der Waals surface area contributed by atoms with Gasteiger partial charge in [0.05, 0.1) is 6.54 Å². The number of pyridine rings is 1. The van der Waals surface area contributed by atoms with Crippen molar-refractivity contribution >= 4 is 16.8 Å². The number of halogens is 1. The minimum absolute atomic E-state index is 0.00127. The number of hydrogen-bond acceptors (Lipinski definition) is 2. The monoisotopic (exact) mass is 420 g/mol. The summed E-state index contributed by atoms with van der Waals surface area (Å²) in [4.78, 5) is 30.9. The summed E-state index contributed by atoms with van der Waals surface area (Å²) in [6.07, 6.45) is 5.09. The zero-order valence-corrected chi connectivity index (χ0v) is 18.2. The maximum Gasteiger partial charge on any atom is 0.253 e. The Morgan fingerprint density at radius 1 is 1.00 bits per heavy atom. The van der Waals surface area contributed by atoms with E-state index in [0.29, 0.717) is 12.1 Å². The van der Waals surface area contributed by atoms with Crippen molar-refractivity contribution in [2.24, 2.45) is 5.92 Å². The van der Waals surface area contributed by atoms with E-state index in [4.69, 9.17) is 0 Å². The van der Waals surface area contributed by atoms with Gasteiger partial charge in [-0.3, -0.25) is 9.59 Å². The largest absolute Gasteiger partial charge is 0.334 e. The lowest BCUT2D eigenvalue weighted by Gasteiger charge is -2.29. The van der Waals surface area contributed by atoms with E-state index in [1.165, 1.54) is 18.6 Å². The van der Waals surface area contributed by atoms with Crippen LogP contribution in [0.1, 0.15) is 54.4 Å². The Balaban J connectivity index is 1.66. The molecule has 0 aliphatic heterocycles. The topological polar surface area (TPSA) is 53.2 Å². The molecule has 0 radical (unpaired) electrons. The number of aromatic amines is 1. The van der Waals surface area contributed by atoms with Gasteiger partial charge in [-0.2, -0.15) is 0 Å². The van der Waals surface area contributed by atoms with Crippen LogP contribution in [0.3, 0.4) is 0 Å². The van der Waals surface area contributed by atoms with Gasteiger partial charge >= 0.3 is 0 Å². The summed E-state index contributed by atoms with van der Waals surface area (Å²) in [5, 5.41) is 0.963. The molecule has 4 rings (SSSR count). The van der Waals surface area contributed by atoms with E-state index in [-0.39, 0.29) is 29.7 Å². The summed E-state index contributed by atoms with van der Waals surface area (Å²) >= 11 is 0. The average Bonchev–Trinajstić information content (AvgIpc) is 2.77. The molecule has 2 aromatic carbocycles. The highest BCUT2D eigenvalue weighted by molar-refractivity contribution is 5.81. The van der Waals surface area contributed by atoms with Gasteiger partial charge in [0.25, 0.3) is 5.56 Å². The van der Waals surface area contributed by atoms with Crippen LogP contribution in [0, 0.1) is 25.6 Å². The Labute approximate surface area is 182 Å². The van der Waals surface area contributed by atoms with Crippen molar-refractivity contribution < 1.29 is 9.18 Å². The van der Waals surface area contributed by atoms with Crippen LogP contribution in [0.25, 0.3) is 10.9 Å². The van der Waals surface area contributed by atoms with Crippen LogP contribution in [0.4, 0.5) is 4.39 Å². The number of hydrogen-bond donors (Lipinski definition) is 1. The van der Waals surface area contributed by atoms with Crippen LogP contribution in [0.2, 0.25) is 0 Å². The molecule has 3 aromatic rings. The number of H-pyrrole nitrogens is 1. The smallest absolute Gasteiger partial charge is 0.253 e. The predicted octanol–water partition coefficient (Wildman–Crippen LogP) is 5.39. The lowest BCUT2D eigenvalue weighted by atomic mass is 9.88. The number of aromatic nitrogens is 1. The third kappa shape index (κ3) is 4.87. The second-order valence-electron chi connectivity index (χ2n) is 8.80. The highest BCUT2D eigenvalue weighted by Crippen LogP contribution is 2.27. The van der Waals surface area contributed by atoms with Crippen molar-refractivity contribution in [2.45, 2.75) is 59.0 Å². The fourth-order valence-corrected chi connectivity index (χ4v) is 4.47. The van der Waals surface area contributed by atoms with E-state index in [1.807, 2.05) is 26.0 Å². The Hall–Kier alpha value is -2.95. The van der Waals surface area contributed by atoms with Crippen molar-refractivity contribution in [2.75, 3.05) is 0 Å². The van der Waals surface area contributed by atoms with E-state index in [0.717, 1.165) is 53.3 Å². The molecule has 4 nitrogen and oxygen atoms in total. The molecule has 1 N–H and O–H groups in total. The molecule has 0 bridgehead atoms. The summed E-state index contributed by atoms with van der Waals surface area (Å²) in [5.74, 6) is -0.215. The highest BCUT2D eigenvalue weighted by Gasteiger charge is 2.27. The minimum Gasteiger partial charge on any atom is -0.334 e. The summed E-state index contributed by atoms with van der Waals surface area (Å²) in [6, 6.07) is 12.2. The Bertz CT molecular complexity index is 1140. The fourth-order valence-electron chi connectivity index (χ4n) is 4.47. The van der Waals surface area contributed by atoms with Gasteiger partial charge < -0.3 is 9.88 Å². The summed E-state index contributed by atoms with van der Waals surface area (Å²) in [6.45, 7) is 4.67. The summed E-state index contributed by atoms with van der Waals surface area (Å²) in [5.41, 5.74) is 4.35. The highest BCUT2D eigenvalue weighted by atomic mass is 19.1. The third-order valence-electron chi connectivity index (χ3n) is 6.45. The van der Waals surface area contributed by atoms with Gasteiger partial charge in [0.1, 0.15) is 5.82 Å². The quantitative estimate of drug-likeness (QED) is 0.601. The molecule has 0 saturated heterocycles. The lowest BCUT2D eigenvalue weighted by Crippen LogP contribution is -2.37. The molecule has 0 spiro atoms. The maximum absolute atomic E-state index is 13.4. The number of carbonyl (C=O) groups excluding carboxylic acids is 1. The zero-order chi connectivity index (χ0) is 22.0. The molecule has 0 atom stereocenters. The van der Waals surface area contributed by atoms with Gasteiger partial charge in [-0.15, -0.1) is 0 Å². The van der Waals surface area contributed by atoms with E-state index in [2.05, 4.69) is 11.1 Å². The number of aryl methyl sites for hydroxylation is 2. The summed E-state index contributed by atoms with van der Waals surface area (Å²) in [7, 11) is 0. The first-order valence-corrected chi connectivity index (χ1v) is 11.1. The molecule has 31 heavy (non-hydrogen) atoms. The molecule has 1 saturated carbocycles. The van der Waals surface area contributed by atoms with Crippen LogP contribution in [-0.4, -0.2) is 15.8 Å². The predicted molar refractivity (Wildman–Crippen MR) is 121 cm³/mol. The van der Waals surface area contributed by atoms with Crippen LogP contribution < -0.4 is 5.56 Å². The van der Waals surface area contributed by atoms with Crippen LogP contribution >= 0.6 is 0 Å². The molecule has 162 valence electrons. The Kier molecular flexibility index (Phi) is 6.21. The van der Waals surface area contributed by atoms with Crippen molar-refractivity contribution in [3.63, 3.8) is 0 Å².